The first kappa shape index (κ1) is 30.8. The number of benzene rings is 3. The van der Waals surface area contributed by atoms with Gasteiger partial charge >= 0.3 is 0 Å². The summed E-state index contributed by atoms with van der Waals surface area (Å²) in [5.74, 6) is 0. The van der Waals surface area contributed by atoms with Gasteiger partial charge in [0.05, 0.1) is 22.1 Å². The molecular weight excluding hydrogens is 607 g/mol. The summed E-state index contributed by atoms with van der Waals surface area (Å²) in [5.41, 5.74) is 1.39. The van der Waals surface area contributed by atoms with E-state index in [4.69, 9.17) is 23.2 Å². The fraction of sp³-hybridized carbons (Fsp3) is 0.200. The molecule has 2 heterocycles. The molecule has 0 bridgehead atoms. The highest BCUT2D eigenvalue weighted by molar-refractivity contribution is 6.31. The van der Waals surface area contributed by atoms with Crippen LogP contribution >= 0.6 is 23.2 Å². The molecule has 3 aromatic carbocycles. The summed E-state index contributed by atoms with van der Waals surface area (Å²) >= 11 is 12.1. The Hall–Kier alpha value is -4.62. The SMILES string of the molecule is CN(C)/N=C(\c1nc2ccc(Cl)cc2[nH]c1=O)[C@@H](O)c1ccc([C@@H](O)/C(=N/N(C)C)c2nc3ccc(Cl)cc3[nH]c2=O)cc1. The van der Waals surface area contributed by atoms with Gasteiger partial charge in [0.2, 0.25) is 0 Å². The van der Waals surface area contributed by atoms with E-state index in [1.807, 2.05) is 0 Å². The summed E-state index contributed by atoms with van der Waals surface area (Å²) in [6, 6.07) is 16.1. The van der Waals surface area contributed by atoms with Crippen molar-refractivity contribution in [1.29, 1.82) is 0 Å². The number of fused-ring (bicyclic) bond motifs is 2. The van der Waals surface area contributed by atoms with E-state index < -0.39 is 23.3 Å². The van der Waals surface area contributed by atoms with E-state index in [1.165, 1.54) is 10.0 Å². The van der Waals surface area contributed by atoms with Crippen LogP contribution < -0.4 is 11.1 Å². The third kappa shape index (κ3) is 6.48. The number of rotatable bonds is 8. The van der Waals surface area contributed by atoms with E-state index in [0.717, 1.165) is 0 Å². The van der Waals surface area contributed by atoms with E-state index in [1.54, 1.807) is 88.9 Å². The molecular formula is C30H28Cl2N8O4. The van der Waals surface area contributed by atoms with Gasteiger partial charge in [-0.2, -0.15) is 10.2 Å². The molecule has 0 spiro atoms. The van der Waals surface area contributed by atoms with Crippen molar-refractivity contribution in [3.05, 3.63) is 114 Å². The molecule has 0 aliphatic heterocycles. The molecule has 0 fully saturated rings. The number of aliphatic hydroxyl groups is 2. The van der Waals surface area contributed by atoms with Crippen LogP contribution in [0.15, 0.2) is 80.5 Å². The summed E-state index contributed by atoms with van der Waals surface area (Å²) in [6.07, 6.45) is -2.71. The number of nitrogens with one attached hydrogen (secondary N) is 2. The second-order valence-corrected chi connectivity index (χ2v) is 11.2. The summed E-state index contributed by atoms with van der Waals surface area (Å²) in [5, 5.41) is 35.3. The van der Waals surface area contributed by atoms with Gasteiger partial charge in [-0.1, -0.05) is 47.5 Å². The molecule has 0 aliphatic carbocycles. The highest BCUT2D eigenvalue weighted by atomic mass is 35.5. The Labute approximate surface area is 260 Å². The van der Waals surface area contributed by atoms with Crippen molar-refractivity contribution < 1.29 is 10.2 Å². The maximum atomic E-state index is 13.0. The summed E-state index contributed by atoms with van der Waals surface area (Å²) in [7, 11) is 6.63. The highest BCUT2D eigenvalue weighted by Crippen LogP contribution is 2.24. The Balaban J connectivity index is 1.50. The predicted molar refractivity (Wildman–Crippen MR) is 172 cm³/mol. The lowest BCUT2D eigenvalue weighted by Crippen LogP contribution is -2.28. The van der Waals surface area contributed by atoms with Gasteiger partial charge in [-0.05, 0) is 47.5 Å². The molecule has 0 saturated carbocycles. The lowest BCUT2D eigenvalue weighted by molar-refractivity contribution is 0.240. The van der Waals surface area contributed by atoms with Crippen LogP contribution in [0.25, 0.3) is 22.1 Å². The zero-order chi connectivity index (χ0) is 31.7. The van der Waals surface area contributed by atoms with Crippen LogP contribution in [0.1, 0.15) is 34.7 Å². The topological polar surface area (TPSA) is 163 Å². The van der Waals surface area contributed by atoms with Crippen LogP contribution in [0, 0.1) is 0 Å². The fourth-order valence-corrected chi connectivity index (χ4v) is 4.88. The number of aromatic nitrogens is 4. The van der Waals surface area contributed by atoms with Crippen molar-refractivity contribution in [2.45, 2.75) is 12.2 Å². The van der Waals surface area contributed by atoms with Crippen molar-refractivity contribution in [2.75, 3.05) is 28.2 Å². The smallest absolute Gasteiger partial charge is 0.276 e. The van der Waals surface area contributed by atoms with Gasteiger partial charge in [0.25, 0.3) is 11.1 Å². The van der Waals surface area contributed by atoms with E-state index in [-0.39, 0.29) is 22.8 Å². The van der Waals surface area contributed by atoms with Crippen LogP contribution in [-0.2, 0) is 0 Å². The maximum absolute atomic E-state index is 13.0. The lowest BCUT2D eigenvalue weighted by Gasteiger charge is -2.19. The average molecular weight is 636 g/mol. The van der Waals surface area contributed by atoms with E-state index in [9.17, 15) is 19.8 Å². The van der Waals surface area contributed by atoms with Crippen molar-refractivity contribution in [2.24, 2.45) is 10.2 Å². The zero-order valence-electron chi connectivity index (χ0n) is 24.1. The molecule has 0 unspecified atom stereocenters. The van der Waals surface area contributed by atoms with Crippen molar-refractivity contribution >= 4 is 56.7 Å². The Morgan fingerprint density at radius 2 is 1.05 bits per heavy atom. The Morgan fingerprint density at radius 1 is 0.682 bits per heavy atom. The number of hydrogen-bond acceptors (Lipinski definition) is 10. The van der Waals surface area contributed by atoms with Crippen LogP contribution in [0.3, 0.4) is 0 Å². The predicted octanol–water partition coefficient (Wildman–Crippen LogP) is 3.47. The minimum atomic E-state index is -1.35. The monoisotopic (exact) mass is 634 g/mol. The standard InChI is InChI=1S/C30H28Cl2N8O4/c1-39(2)37-23(25-29(43)35-21-13-17(31)9-11-19(21)33-25)27(41)15-5-7-16(8-6-15)28(42)24(38-40(3)4)26-30(44)36-22-14-18(32)10-12-20(22)34-26/h5-14,27-28,41-42H,1-4H3,(H,35,43)(H,36,44)/b37-23+,38-24+/t27-,28+. The minimum Gasteiger partial charge on any atom is -0.382 e. The number of H-pyrrole nitrogens is 2. The largest absolute Gasteiger partial charge is 0.382 e. The number of hydrogen-bond donors (Lipinski definition) is 4. The molecule has 4 N–H and O–H groups in total. The molecule has 14 heteroatoms. The highest BCUT2D eigenvalue weighted by Gasteiger charge is 2.26. The van der Waals surface area contributed by atoms with Crippen molar-refractivity contribution in [3.63, 3.8) is 0 Å². The van der Waals surface area contributed by atoms with E-state index >= 15 is 0 Å². The minimum absolute atomic E-state index is 0.0169. The molecule has 2 aromatic heterocycles. The normalized spacial score (nSPS) is 13.7. The number of hydrazone groups is 2. The summed E-state index contributed by atoms with van der Waals surface area (Å²) in [4.78, 5) is 40.4. The second kappa shape index (κ2) is 12.5. The quantitative estimate of drug-likeness (QED) is 0.149. The molecule has 226 valence electrons. The van der Waals surface area contributed by atoms with Crippen LogP contribution in [0.4, 0.5) is 0 Å². The molecule has 0 amide bonds. The summed E-state index contributed by atoms with van der Waals surface area (Å²) in [6.45, 7) is 0. The van der Waals surface area contributed by atoms with Gasteiger partial charge in [-0.15, -0.1) is 0 Å². The molecule has 2 atom stereocenters. The molecule has 44 heavy (non-hydrogen) atoms. The number of aliphatic hydroxyl groups excluding tert-OH is 2. The van der Waals surface area contributed by atoms with Gasteiger partial charge < -0.3 is 30.2 Å². The first-order valence-corrected chi connectivity index (χ1v) is 14.0. The van der Waals surface area contributed by atoms with Gasteiger partial charge in [0, 0.05) is 38.2 Å². The van der Waals surface area contributed by atoms with Crippen molar-refractivity contribution in [1.82, 2.24) is 30.0 Å². The lowest BCUT2D eigenvalue weighted by atomic mass is 9.97. The van der Waals surface area contributed by atoms with Gasteiger partial charge in [0.1, 0.15) is 23.6 Å². The van der Waals surface area contributed by atoms with Gasteiger partial charge in [-0.3, -0.25) is 9.59 Å². The Bertz CT molecular complexity index is 1890. The first-order chi connectivity index (χ1) is 20.9. The van der Waals surface area contributed by atoms with E-state index in [2.05, 4.69) is 30.1 Å². The Kier molecular flexibility index (Phi) is 8.79. The molecule has 12 nitrogen and oxygen atoms in total. The average Bonchev–Trinajstić information content (AvgIpc) is 2.97. The molecule has 5 aromatic rings. The van der Waals surface area contributed by atoms with Crippen LogP contribution in [0.2, 0.25) is 10.0 Å². The zero-order valence-corrected chi connectivity index (χ0v) is 25.6. The van der Waals surface area contributed by atoms with Crippen LogP contribution in [0.5, 0.6) is 0 Å². The third-order valence-electron chi connectivity index (χ3n) is 6.49. The first-order valence-electron chi connectivity index (χ1n) is 13.3. The van der Waals surface area contributed by atoms with Gasteiger partial charge in [0.15, 0.2) is 11.4 Å². The second-order valence-electron chi connectivity index (χ2n) is 10.3. The number of halogens is 2. The molecule has 5 rings (SSSR count). The van der Waals surface area contributed by atoms with E-state index in [0.29, 0.717) is 43.2 Å². The molecule has 0 radical (unpaired) electrons. The third-order valence-corrected chi connectivity index (χ3v) is 6.97. The Morgan fingerprint density at radius 3 is 1.39 bits per heavy atom. The number of nitrogens with zero attached hydrogens (tertiary/aromatic N) is 6. The van der Waals surface area contributed by atoms with Gasteiger partial charge in [-0.25, -0.2) is 9.97 Å². The number of aromatic amines is 2. The summed E-state index contributed by atoms with van der Waals surface area (Å²) < 4.78 is 0. The molecule has 0 saturated heterocycles. The fourth-order valence-electron chi connectivity index (χ4n) is 4.53. The van der Waals surface area contributed by atoms with Crippen LogP contribution in [-0.4, -0.2) is 79.8 Å². The molecule has 0 aliphatic rings. The van der Waals surface area contributed by atoms with Crippen molar-refractivity contribution in [3.8, 4) is 0 Å². The maximum Gasteiger partial charge on any atom is 0.276 e.